The zero-order valence-electron chi connectivity index (χ0n) is 19.0. The normalized spacial score (nSPS) is 14.2. The highest BCUT2D eigenvalue weighted by Crippen LogP contribution is 2.39. The average molecular weight is 416 g/mol. The molecule has 2 unspecified atom stereocenters. The molecule has 6 nitrogen and oxygen atoms in total. The molecule has 161 valence electrons. The number of nitrogens with zero attached hydrogens (tertiary/aromatic N) is 4. The predicted molar refractivity (Wildman–Crippen MR) is 130 cm³/mol. The van der Waals surface area contributed by atoms with Crippen molar-refractivity contribution in [3.05, 3.63) is 54.2 Å². The maximum atomic E-state index is 4.91. The fourth-order valence-electron chi connectivity index (χ4n) is 3.66. The van der Waals surface area contributed by atoms with E-state index in [4.69, 9.17) is 15.3 Å². The molecule has 0 saturated heterocycles. The van der Waals surface area contributed by atoms with Crippen molar-refractivity contribution in [1.29, 1.82) is 0 Å². The highest BCUT2D eigenvalue weighted by molar-refractivity contribution is 5.81. The van der Waals surface area contributed by atoms with E-state index >= 15 is 0 Å². The molecule has 0 spiro atoms. The second-order valence-electron chi connectivity index (χ2n) is 8.19. The van der Waals surface area contributed by atoms with Gasteiger partial charge in [0.05, 0.1) is 11.4 Å². The quantitative estimate of drug-likeness (QED) is 0.457. The number of hydrogen-bond acceptors (Lipinski definition) is 5. The number of anilines is 6. The fraction of sp³-hybridized carbons (Fsp3) is 0.360. The van der Waals surface area contributed by atoms with Crippen molar-refractivity contribution >= 4 is 40.2 Å². The van der Waals surface area contributed by atoms with E-state index in [1.54, 1.807) is 0 Å². The second-order valence-corrected chi connectivity index (χ2v) is 8.19. The Morgan fingerprint density at radius 2 is 1.68 bits per heavy atom. The topological polar surface area (TPSA) is 67.2 Å². The summed E-state index contributed by atoms with van der Waals surface area (Å²) in [4.78, 5) is 11.9. The first kappa shape index (κ1) is 21.0. The Kier molecular flexibility index (Phi) is 5.98. The molecule has 2 N–H and O–H groups in total. The molecule has 2 aliphatic rings. The average Bonchev–Trinajstić information content (AvgIpc) is 2.87. The predicted octanol–water partition coefficient (Wildman–Crippen LogP) is 6.56. The SMILES string of the molecule is CCC(C)[N]c1ccc(Nc2c(C)nc3nc2N(C(C)CC)c2ccc(cc2)N3)cc1. The van der Waals surface area contributed by atoms with Gasteiger partial charge in [-0.05, 0) is 82.1 Å². The van der Waals surface area contributed by atoms with Crippen LogP contribution in [0.25, 0.3) is 0 Å². The molecule has 0 fully saturated rings. The number of aryl methyl sites for hydroxylation is 1. The molecule has 2 aliphatic heterocycles. The van der Waals surface area contributed by atoms with Crippen LogP contribution < -0.4 is 20.9 Å². The van der Waals surface area contributed by atoms with Crippen LogP contribution in [0.5, 0.6) is 0 Å². The molecule has 1 radical (unpaired) electrons. The zero-order chi connectivity index (χ0) is 22.0. The Labute approximate surface area is 185 Å². The summed E-state index contributed by atoms with van der Waals surface area (Å²) in [5.74, 6) is 1.49. The van der Waals surface area contributed by atoms with E-state index in [2.05, 4.69) is 91.8 Å². The summed E-state index contributed by atoms with van der Waals surface area (Å²) in [7, 11) is 0. The zero-order valence-corrected chi connectivity index (χ0v) is 19.0. The van der Waals surface area contributed by atoms with E-state index in [0.717, 1.165) is 52.8 Å². The van der Waals surface area contributed by atoms with Gasteiger partial charge in [-0.1, -0.05) is 13.8 Å². The largest absolute Gasteiger partial charge is 0.351 e. The molecule has 0 amide bonds. The Morgan fingerprint density at radius 3 is 2.32 bits per heavy atom. The molecule has 4 bridgehead atoms. The molecule has 2 atom stereocenters. The van der Waals surface area contributed by atoms with Gasteiger partial charge < -0.3 is 15.5 Å². The molecule has 5 rings (SSSR count). The van der Waals surface area contributed by atoms with Crippen LogP contribution in [0.4, 0.5) is 40.2 Å². The smallest absolute Gasteiger partial charge is 0.229 e. The minimum absolute atomic E-state index is 0.281. The number of rotatable bonds is 7. The Bertz CT molecular complexity index is 1030. The van der Waals surface area contributed by atoms with Gasteiger partial charge in [0, 0.05) is 29.1 Å². The van der Waals surface area contributed by atoms with Gasteiger partial charge in [0.1, 0.15) is 5.69 Å². The van der Waals surface area contributed by atoms with E-state index in [1.165, 1.54) is 0 Å². The Morgan fingerprint density at radius 1 is 0.968 bits per heavy atom. The van der Waals surface area contributed by atoms with Crippen LogP contribution in [0.15, 0.2) is 48.5 Å². The summed E-state index contributed by atoms with van der Waals surface area (Å²) in [5, 5.41) is 11.6. The summed E-state index contributed by atoms with van der Waals surface area (Å²) in [6.07, 6.45) is 2.03. The van der Waals surface area contributed by atoms with Gasteiger partial charge in [-0.2, -0.15) is 4.98 Å². The first-order valence-corrected chi connectivity index (χ1v) is 11.1. The van der Waals surface area contributed by atoms with Crippen LogP contribution in [0.3, 0.4) is 0 Å². The molecular formula is C25H31N6. The lowest BCUT2D eigenvalue weighted by atomic mass is 10.1. The van der Waals surface area contributed by atoms with Crippen molar-refractivity contribution in [2.45, 2.75) is 59.5 Å². The molecule has 2 aromatic carbocycles. The van der Waals surface area contributed by atoms with Gasteiger partial charge in [-0.25, -0.2) is 4.98 Å². The van der Waals surface area contributed by atoms with Crippen LogP contribution in [0.2, 0.25) is 0 Å². The summed E-state index contributed by atoms with van der Waals surface area (Å²) < 4.78 is 0. The van der Waals surface area contributed by atoms with Crippen molar-refractivity contribution in [2.75, 3.05) is 15.5 Å². The monoisotopic (exact) mass is 415 g/mol. The van der Waals surface area contributed by atoms with Crippen molar-refractivity contribution in [3.63, 3.8) is 0 Å². The molecule has 0 saturated carbocycles. The van der Waals surface area contributed by atoms with Crippen molar-refractivity contribution in [2.24, 2.45) is 0 Å². The van der Waals surface area contributed by atoms with Crippen LogP contribution in [0, 0.1) is 6.92 Å². The third-order valence-corrected chi connectivity index (χ3v) is 5.83. The summed E-state index contributed by atoms with van der Waals surface area (Å²) >= 11 is 0. The number of fused-ring (bicyclic) bond motifs is 2. The molecule has 31 heavy (non-hydrogen) atoms. The number of nitrogens with one attached hydrogen (secondary N) is 2. The van der Waals surface area contributed by atoms with Crippen molar-refractivity contribution < 1.29 is 0 Å². The van der Waals surface area contributed by atoms with E-state index in [0.29, 0.717) is 12.0 Å². The fourth-order valence-corrected chi connectivity index (χ4v) is 3.66. The lowest BCUT2D eigenvalue weighted by Crippen LogP contribution is -2.29. The second kappa shape index (κ2) is 8.84. The number of benzene rings is 2. The lowest BCUT2D eigenvalue weighted by Gasteiger charge is -2.31. The minimum Gasteiger partial charge on any atom is -0.351 e. The van der Waals surface area contributed by atoms with Gasteiger partial charge in [-0.3, -0.25) is 5.32 Å². The molecule has 3 aromatic rings. The number of aromatic nitrogens is 2. The van der Waals surface area contributed by atoms with E-state index in [1.807, 2.05) is 6.92 Å². The van der Waals surface area contributed by atoms with E-state index in [9.17, 15) is 0 Å². The van der Waals surface area contributed by atoms with Gasteiger partial charge >= 0.3 is 0 Å². The Hall–Kier alpha value is -3.28. The van der Waals surface area contributed by atoms with Gasteiger partial charge in [0.15, 0.2) is 5.82 Å². The van der Waals surface area contributed by atoms with Gasteiger partial charge in [0.25, 0.3) is 0 Å². The van der Waals surface area contributed by atoms with Crippen molar-refractivity contribution in [3.8, 4) is 0 Å². The van der Waals surface area contributed by atoms with Crippen LogP contribution in [-0.4, -0.2) is 22.1 Å². The standard InChI is InChI=1S/C25H31N6/c1-6-16(3)26-19-8-10-20(11-9-19)28-23-18(5)27-25-29-21-12-14-22(15-13-21)31(17(4)7-2)24(23)30-25/h8-17,28H,6-7H2,1-5H3,(H,27,29,30). The highest BCUT2D eigenvalue weighted by Gasteiger charge is 2.24. The Balaban J connectivity index is 1.73. The molecule has 0 aliphatic carbocycles. The van der Waals surface area contributed by atoms with E-state index < -0.39 is 0 Å². The molecule has 3 heterocycles. The molecule has 1 aromatic heterocycles. The third kappa shape index (κ3) is 4.43. The highest BCUT2D eigenvalue weighted by atomic mass is 15.3. The maximum Gasteiger partial charge on any atom is 0.229 e. The first-order valence-electron chi connectivity index (χ1n) is 11.1. The minimum atomic E-state index is 0.281. The summed E-state index contributed by atoms with van der Waals surface area (Å²) in [6.45, 7) is 10.7. The number of hydrogen-bond donors (Lipinski definition) is 2. The molecule has 6 heteroatoms. The molecular weight excluding hydrogens is 384 g/mol. The lowest BCUT2D eigenvalue weighted by molar-refractivity contribution is 0.616. The van der Waals surface area contributed by atoms with Crippen LogP contribution in [-0.2, 0) is 0 Å². The van der Waals surface area contributed by atoms with Gasteiger partial charge in [0.2, 0.25) is 5.95 Å². The van der Waals surface area contributed by atoms with Gasteiger partial charge in [-0.15, -0.1) is 0 Å². The summed E-state index contributed by atoms with van der Waals surface area (Å²) in [5.41, 5.74) is 5.92. The summed E-state index contributed by atoms with van der Waals surface area (Å²) in [6, 6.07) is 17.3. The maximum absolute atomic E-state index is 4.91. The van der Waals surface area contributed by atoms with E-state index in [-0.39, 0.29) is 6.04 Å². The van der Waals surface area contributed by atoms with Crippen LogP contribution >= 0.6 is 0 Å². The third-order valence-electron chi connectivity index (χ3n) is 5.83. The van der Waals surface area contributed by atoms with Crippen molar-refractivity contribution in [1.82, 2.24) is 15.3 Å². The first-order chi connectivity index (χ1) is 15.0. The van der Waals surface area contributed by atoms with Crippen LogP contribution in [0.1, 0.15) is 46.2 Å².